The summed E-state index contributed by atoms with van der Waals surface area (Å²) in [6.07, 6.45) is -7.90. The van der Waals surface area contributed by atoms with E-state index in [4.69, 9.17) is 18.9 Å². The fraction of sp³-hybridized carbons (Fsp3) is 0.951. The Morgan fingerprint density at radius 1 is 0.833 bits per heavy atom. The molecule has 0 unspecified atom stereocenters. The van der Waals surface area contributed by atoms with E-state index in [1.54, 1.807) is 0 Å². The standard InChI is InChI=1S/C41H70O13/c1-20(2)10-9-13-41(8,50)21-11-15-39(6)28(21)22(43)16-26-38(5)14-12-27(45)37(3,4)34(38)24(17-40(26,39)7)52-36-33(31(48)30(47)25(18-42)53-36)54-35-32(49)29(46)23(44)19-51-35/h10,21-36,42-50H,9,11-19H2,1-8H3/t21-,22+,23+,24-,25+,26+,27-,28-,29-,30+,31-,32+,33+,34-,35-,36+,38+,39+,40+,41-/m1/s1. The van der Waals surface area contributed by atoms with Gasteiger partial charge >= 0.3 is 0 Å². The van der Waals surface area contributed by atoms with E-state index in [2.05, 4.69) is 40.7 Å². The van der Waals surface area contributed by atoms with Crippen molar-refractivity contribution in [1.82, 2.24) is 0 Å². The van der Waals surface area contributed by atoms with E-state index >= 15 is 0 Å². The molecule has 0 aromatic heterocycles. The average molecular weight is 771 g/mol. The van der Waals surface area contributed by atoms with Crippen LogP contribution < -0.4 is 0 Å². The minimum absolute atomic E-state index is 0.0443. The van der Waals surface area contributed by atoms with Gasteiger partial charge in [-0.1, -0.05) is 46.3 Å². The van der Waals surface area contributed by atoms with E-state index in [0.29, 0.717) is 32.1 Å². The molecule has 0 radical (unpaired) electrons. The van der Waals surface area contributed by atoms with Crippen molar-refractivity contribution in [1.29, 1.82) is 0 Å². The van der Waals surface area contributed by atoms with Gasteiger partial charge in [-0.05, 0) is 117 Å². The lowest BCUT2D eigenvalue weighted by molar-refractivity contribution is -0.377. The Morgan fingerprint density at radius 3 is 2.17 bits per heavy atom. The molecule has 54 heavy (non-hydrogen) atoms. The van der Waals surface area contributed by atoms with Gasteiger partial charge in [-0.15, -0.1) is 0 Å². The number of aliphatic hydroxyl groups excluding tert-OH is 8. The van der Waals surface area contributed by atoms with Crippen LogP contribution in [0.3, 0.4) is 0 Å². The number of aliphatic hydroxyl groups is 9. The lowest BCUT2D eigenvalue weighted by Gasteiger charge is -2.72. The largest absolute Gasteiger partial charge is 0.394 e. The third-order valence-corrected chi connectivity index (χ3v) is 16.1. The smallest absolute Gasteiger partial charge is 0.187 e. The third kappa shape index (κ3) is 6.86. The Labute approximate surface area is 320 Å². The molecule has 312 valence electrons. The van der Waals surface area contributed by atoms with E-state index in [1.165, 1.54) is 5.57 Å². The van der Waals surface area contributed by atoms with E-state index in [-0.39, 0.29) is 30.3 Å². The number of allylic oxidation sites excluding steroid dienone is 2. The Bertz CT molecular complexity index is 1350. The molecule has 13 heteroatoms. The van der Waals surface area contributed by atoms with Gasteiger partial charge < -0.3 is 64.9 Å². The SMILES string of the molecule is CC(C)=CCC[C@@](C)(O)[C@@H]1CC[C@@]2(C)[C@H]1[C@@H](O)C[C@H]1[C@]3(C)CC[C@@H](O)C(C)(C)[C@H]3[C@H](O[C@H]3O[C@@H](CO)[C@H](O)[C@@H](O)[C@@H]3O[C@H]3OC[C@H](O)[C@@H](O)[C@@H]3O)C[C@@]12C. The molecule has 6 aliphatic rings. The van der Waals surface area contributed by atoms with Crippen molar-refractivity contribution in [2.45, 2.75) is 186 Å². The highest BCUT2D eigenvalue weighted by molar-refractivity contribution is 5.22. The maximum absolute atomic E-state index is 12.2. The summed E-state index contributed by atoms with van der Waals surface area (Å²) in [5.74, 6) is -0.513. The van der Waals surface area contributed by atoms with E-state index in [1.807, 2.05) is 20.8 Å². The van der Waals surface area contributed by atoms with Crippen molar-refractivity contribution in [2.75, 3.05) is 13.2 Å². The second kappa shape index (κ2) is 15.1. The molecule has 2 aliphatic heterocycles. The lowest BCUT2D eigenvalue weighted by Crippen LogP contribution is -2.71. The monoisotopic (exact) mass is 770 g/mol. The first-order valence-electron chi connectivity index (χ1n) is 20.4. The zero-order valence-corrected chi connectivity index (χ0v) is 33.5. The predicted molar refractivity (Wildman–Crippen MR) is 196 cm³/mol. The molecule has 4 saturated carbocycles. The molecular formula is C41H70O13. The molecule has 6 rings (SSSR count). The molecule has 13 nitrogen and oxygen atoms in total. The van der Waals surface area contributed by atoms with Crippen molar-refractivity contribution in [2.24, 2.45) is 45.3 Å². The topological polar surface area (TPSA) is 219 Å². The third-order valence-electron chi connectivity index (χ3n) is 16.1. The molecular weight excluding hydrogens is 700 g/mol. The average Bonchev–Trinajstić information content (AvgIpc) is 3.48. The quantitative estimate of drug-likeness (QED) is 0.121. The van der Waals surface area contributed by atoms with Gasteiger partial charge in [0.1, 0.15) is 42.7 Å². The van der Waals surface area contributed by atoms with E-state index in [9.17, 15) is 46.0 Å². The maximum atomic E-state index is 12.2. The summed E-state index contributed by atoms with van der Waals surface area (Å²) >= 11 is 0. The van der Waals surface area contributed by atoms with Crippen LogP contribution in [0.15, 0.2) is 11.6 Å². The number of ether oxygens (including phenoxy) is 4. The normalized spacial score (nSPS) is 52.8. The number of fused-ring (bicyclic) bond motifs is 5. The summed E-state index contributed by atoms with van der Waals surface area (Å²) in [6, 6.07) is 0. The molecule has 2 heterocycles. The zero-order chi connectivity index (χ0) is 39.9. The van der Waals surface area contributed by atoms with Crippen LogP contribution in [0.2, 0.25) is 0 Å². The summed E-state index contributed by atoms with van der Waals surface area (Å²) in [5, 5.41) is 99.6. The van der Waals surface area contributed by atoms with Crippen molar-refractivity contribution in [3.8, 4) is 0 Å². The molecule has 4 aliphatic carbocycles. The Kier molecular flexibility index (Phi) is 12.0. The van der Waals surface area contributed by atoms with E-state index < -0.39 is 107 Å². The summed E-state index contributed by atoms with van der Waals surface area (Å²) < 4.78 is 24.8. The van der Waals surface area contributed by atoms with Crippen LogP contribution in [-0.2, 0) is 18.9 Å². The van der Waals surface area contributed by atoms with Gasteiger partial charge in [-0.3, -0.25) is 0 Å². The fourth-order valence-corrected chi connectivity index (χ4v) is 13.1. The van der Waals surface area contributed by atoms with Crippen molar-refractivity contribution in [3.05, 3.63) is 11.6 Å². The molecule has 6 fully saturated rings. The molecule has 0 amide bonds. The van der Waals surface area contributed by atoms with E-state index in [0.717, 1.165) is 19.3 Å². The number of hydrogen-bond acceptors (Lipinski definition) is 13. The van der Waals surface area contributed by atoms with Crippen LogP contribution in [-0.4, -0.2) is 138 Å². The second-order valence-electron chi connectivity index (χ2n) is 19.8. The van der Waals surface area contributed by atoms with Gasteiger partial charge in [0.15, 0.2) is 12.6 Å². The Morgan fingerprint density at radius 2 is 1.52 bits per heavy atom. The van der Waals surface area contributed by atoms with Crippen molar-refractivity contribution < 1.29 is 64.9 Å². The number of hydrogen-bond donors (Lipinski definition) is 9. The highest BCUT2D eigenvalue weighted by Crippen LogP contribution is 2.76. The minimum atomic E-state index is -1.68. The summed E-state index contributed by atoms with van der Waals surface area (Å²) in [7, 11) is 0. The lowest BCUT2D eigenvalue weighted by atomic mass is 9.34. The van der Waals surface area contributed by atoms with Gasteiger partial charge in [0.2, 0.25) is 0 Å². The molecule has 20 atom stereocenters. The van der Waals surface area contributed by atoms with Gasteiger partial charge in [0.25, 0.3) is 0 Å². The van der Waals surface area contributed by atoms with Gasteiger partial charge in [-0.2, -0.15) is 0 Å². The highest BCUT2D eigenvalue weighted by atomic mass is 16.8. The molecule has 0 aromatic carbocycles. The molecule has 0 bridgehead atoms. The van der Waals surface area contributed by atoms with Gasteiger partial charge in [-0.25, -0.2) is 0 Å². The van der Waals surface area contributed by atoms with Crippen LogP contribution >= 0.6 is 0 Å². The van der Waals surface area contributed by atoms with Crippen LogP contribution in [0, 0.1) is 45.3 Å². The van der Waals surface area contributed by atoms with Crippen LogP contribution in [0.5, 0.6) is 0 Å². The molecule has 0 aromatic rings. The fourth-order valence-electron chi connectivity index (χ4n) is 13.1. The first-order valence-corrected chi connectivity index (χ1v) is 20.4. The molecule has 0 spiro atoms. The van der Waals surface area contributed by atoms with Crippen LogP contribution in [0.1, 0.15) is 107 Å². The van der Waals surface area contributed by atoms with Gasteiger partial charge in [0, 0.05) is 0 Å². The van der Waals surface area contributed by atoms with Crippen molar-refractivity contribution in [3.63, 3.8) is 0 Å². The Balaban J connectivity index is 1.38. The first-order chi connectivity index (χ1) is 25.0. The predicted octanol–water partition coefficient (Wildman–Crippen LogP) is 1.76. The molecule has 2 saturated heterocycles. The number of rotatable bonds is 9. The van der Waals surface area contributed by atoms with Crippen LogP contribution in [0.4, 0.5) is 0 Å². The van der Waals surface area contributed by atoms with Crippen LogP contribution in [0.25, 0.3) is 0 Å². The first kappa shape index (κ1) is 42.8. The zero-order valence-electron chi connectivity index (χ0n) is 33.5. The molecule has 9 N–H and O–H groups in total. The Hall–Kier alpha value is -0.780. The van der Waals surface area contributed by atoms with Crippen molar-refractivity contribution >= 4 is 0 Å². The highest BCUT2D eigenvalue weighted by Gasteiger charge is 2.73. The summed E-state index contributed by atoms with van der Waals surface area (Å²) in [4.78, 5) is 0. The van der Waals surface area contributed by atoms with Gasteiger partial charge in [0.05, 0.1) is 37.1 Å². The minimum Gasteiger partial charge on any atom is -0.394 e. The second-order valence-corrected chi connectivity index (χ2v) is 19.8. The summed E-state index contributed by atoms with van der Waals surface area (Å²) in [6.45, 7) is 16.0. The summed E-state index contributed by atoms with van der Waals surface area (Å²) in [5.41, 5.74) is -1.69. The maximum Gasteiger partial charge on any atom is 0.187 e.